The van der Waals surface area contributed by atoms with E-state index in [1.807, 2.05) is 18.2 Å². The lowest BCUT2D eigenvalue weighted by atomic mass is 9.87. The first-order valence-corrected chi connectivity index (χ1v) is 9.93. The highest BCUT2D eigenvalue weighted by Crippen LogP contribution is 2.27. The van der Waals surface area contributed by atoms with Gasteiger partial charge in [0.25, 0.3) is 0 Å². The minimum Gasteiger partial charge on any atom is -0.345 e. The lowest BCUT2D eigenvalue weighted by Crippen LogP contribution is -2.47. The fraction of sp³-hybridized carbons (Fsp3) is 0.619. The van der Waals surface area contributed by atoms with Gasteiger partial charge in [-0.1, -0.05) is 49.6 Å². The maximum atomic E-state index is 12.8. The number of nitrogens with zero attached hydrogens (tertiary/aromatic N) is 1. The summed E-state index contributed by atoms with van der Waals surface area (Å²) in [7, 11) is 0. The van der Waals surface area contributed by atoms with Gasteiger partial charge in [-0.05, 0) is 31.2 Å². The average Bonchev–Trinajstić information content (AvgIpc) is 3.04. The van der Waals surface area contributed by atoms with Crippen molar-refractivity contribution < 1.29 is 9.59 Å². The summed E-state index contributed by atoms with van der Waals surface area (Å²) in [6.07, 6.45) is 6.54. The smallest absolute Gasteiger partial charge is 0.244 e. The first-order valence-electron chi connectivity index (χ1n) is 9.93. The Labute approximate surface area is 156 Å². The number of hydrogen-bond donors (Lipinski definition) is 2. The summed E-state index contributed by atoms with van der Waals surface area (Å²) in [4.78, 5) is 26.8. The molecule has 1 aromatic rings. The van der Waals surface area contributed by atoms with E-state index in [1.54, 1.807) is 11.8 Å². The molecule has 0 aromatic heterocycles. The van der Waals surface area contributed by atoms with Crippen LogP contribution in [0.4, 0.5) is 0 Å². The van der Waals surface area contributed by atoms with Crippen LogP contribution in [-0.4, -0.2) is 41.9 Å². The highest BCUT2D eigenvalue weighted by molar-refractivity contribution is 5.87. The predicted octanol–water partition coefficient (Wildman–Crippen LogP) is 2.41. The molecule has 0 radical (unpaired) electrons. The maximum Gasteiger partial charge on any atom is 0.244 e. The largest absolute Gasteiger partial charge is 0.345 e. The van der Waals surface area contributed by atoms with E-state index in [0.717, 1.165) is 12.8 Å². The van der Waals surface area contributed by atoms with Gasteiger partial charge < -0.3 is 16.0 Å². The standard InChI is InChI=1S/C21H31N3O2/c1-15(23-20(25)12-16-8-4-2-5-9-16)21(26)24-13-18(19(22)14-24)17-10-6-3-7-11-17/h3,6-7,10-11,15-16,18-19H,2,4-5,8-9,12-14,22H2,1H3,(H,23,25)/t15?,18-,19+/m0/s1. The summed E-state index contributed by atoms with van der Waals surface area (Å²) in [5, 5.41) is 2.90. The summed E-state index contributed by atoms with van der Waals surface area (Å²) in [5.41, 5.74) is 7.45. The molecule has 0 spiro atoms. The molecule has 26 heavy (non-hydrogen) atoms. The fourth-order valence-corrected chi connectivity index (χ4v) is 4.35. The van der Waals surface area contributed by atoms with E-state index in [0.29, 0.717) is 25.4 Å². The predicted molar refractivity (Wildman–Crippen MR) is 103 cm³/mol. The molecule has 1 heterocycles. The Hall–Kier alpha value is -1.88. The number of amides is 2. The van der Waals surface area contributed by atoms with Crippen molar-refractivity contribution in [2.75, 3.05) is 13.1 Å². The zero-order valence-electron chi connectivity index (χ0n) is 15.7. The quantitative estimate of drug-likeness (QED) is 0.850. The summed E-state index contributed by atoms with van der Waals surface area (Å²) in [6.45, 7) is 2.94. The molecule has 0 bridgehead atoms. The molecule has 3 rings (SSSR count). The normalized spacial score (nSPS) is 25.1. The second-order valence-electron chi connectivity index (χ2n) is 7.92. The third-order valence-electron chi connectivity index (χ3n) is 5.85. The Morgan fingerprint density at radius 2 is 1.85 bits per heavy atom. The second kappa shape index (κ2) is 8.67. The molecule has 2 amide bonds. The van der Waals surface area contributed by atoms with E-state index in [2.05, 4.69) is 17.4 Å². The van der Waals surface area contributed by atoms with Crippen LogP contribution in [0.25, 0.3) is 0 Å². The molecule has 1 aliphatic heterocycles. The number of hydrogen-bond acceptors (Lipinski definition) is 3. The van der Waals surface area contributed by atoms with Crippen LogP contribution >= 0.6 is 0 Å². The van der Waals surface area contributed by atoms with Crippen LogP contribution in [0.5, 0.6) is 0 Å². The molecule has 1 aliphatic carbocycles. The molecule has 1 saturated heterocycles. The maximum absolute atomic E-state index is 12.8. The molecule has 5 heteroatoms. The zero-order chi connectivity index (χ0) is 18.5. The number of rotatable bonds is 5. The minimum absolute atomic E-state index is 0.000791. The van der Waals surface area contributed by atoms with Crippen LogP contribution in [0.1, 0.15) is 56.9 Å². The summed E-state index contributed by atoms with van der Waals surface area (Å²) in [5.74, 6) is 0.607. The highest BCUT2D eigenvalue weighted by Gasteiger charge is 2.35. The zero-order valence-corrected chi connectivity index (χ0v) is 15.7. The van der Waals surface area contributed by atoms with E-state index in [4.69, 9.17) is 5.73 Å². The van der Waals surface area contributed by atoms with Gasteiger partial charge in [0.05, 0.1) is 0 Å². The van der Waals surface area contributed by atoms with Gasteiger partial charge in [0.2, 0.25) is 11.8 Å². The number of nitrogens with one attached hydrogen (secondary N) is 1. The molecule has 1 unspecified atom stereocenters. The third-order valence-corrected chi connectivity index (χ3v) is 5.85. The Morgan fingerprint density at radius 1 is 1.15 bits per heavy atom. The molecule has 142 valence electrons. The van der Waals surface area contributed by atoms with Gasteiger partial charge in [0.15, 0.2) is 0 Å². The third kappa shape index (κ3) is 4.64. The van der Waals surface area contributed by atoms with Crippen molar-refractivity contribution in [1.82, 2.24) is 10.2 Å². The number of nitrogens with two attached hydrogens (primary N) is 1. The van der Waals surface area contributed by atoms with Gasteiger partial charge >= 0.3 is 0 Å². The van der Waals surface area contributed by atoms with Crippen LogP contribution in [0.15, 0.2) is 30.3 Å². The molecule has 2 aliphatic rings. The monoisotopic (exact) mass is 357 g/mol. The van der Waals surface area contributed by atoms with Gasteiger partial charge in [-0.15, -0.1) is 0 Å². The Balaban J connectivity index is 1.51. The van der Waals surface area contributed by atoms with Crippen LogP contribution in [0.2, 0.25) is 0 Å². The fourth-order valence-electron chi connectivity index (χ4n) is 4.35. The van der Waals surface area contributed by atoms with Crippen LogP contribution in [0, 0.1) is 5.92 Å². The van der Waals surface area contributed by atoms with Crippen molar-refractivity contribution in [3.63, 3.8) is 0 Å². The summed E-state index contributed by atoms with van der Waals surface area (Å²) in [6, 6.07) is 9.55. The van der Waals surface area contributed by atoms with Gasteiger partial charge in [-0.3, -0.25) is 9.59 Å². The number of carbonyl (C=O) groups is 2. The van der Waals surface area contributed by atoms with Crippen molar-refractivity contribution >= 4 is 11.8 Å². The lowest BCUT2D eigenvalue weighted by molar-refractivity contribution is -0.135. The molecular formula is C21H31N3O2. The molecule has 3 N–H and O–H groups in total. The van der Waals surface area contributed by atoms with Gasteiger partial charge in [-0.2, -0.15) is 0 Å². The SMILES string of the molecule is CC(NC(=O)CC1CCCCC1)C(=O)N1C[C@@H](N)[C@H](c2ccccc2)C1. The summed E-state index contributed by atoms with van der Waals surface area (Å²) >= 11 is 0. The Kier molecular flexibility index (Phi) is 6.30. The first-order chi connectivity index (χ1) is 12.5. The van der Waals surface area contributed by atoms with Crippen molar-refractivity contribution in [3.8, 4) is 0 Å². The Bertz CT molecular complexity index is 613. The number of benzene rings is 1. The minimum atomic E-state index is -0.493. The number of likely N-dealkylation sites (tertiary alicyclic amines) is 1. The van der Waals surface area contributed by atoms with E-state index >= 15 is 0 Å². The van der Waals surface area contributed by atoms with Gasteiger partial charge in [-0.25, -0.2) is 0 Å². The van der Waals surface area contributed by atoms with Crippen molar-refractivity contribution in [2.45, 2.75) is 63.5 Å². The molecule has 1 aromatic carbocycles. The van der Waals surface area contributed by atoms with Crippen molar-refractivity contribution in [2.24, 2.45) is 11.7 Å². The highest BCUT2D eigenvalue weighted by atomic mass is 16.2. The lowest BCUT2D eigenvalue weighted by Gasteiger charge is -2.24. The number of carbonyl (C=O) groups excluding carboxylic acids is 2. The van der Waals surface area contributed by atoms with E-state index in [-0.39, 0.29) is 23.8 Å². The molecule has 5 nitrogen and oxygen atoms in total. The molecule has 1 saturated carbocycles. The molecule has 2 fully saturated rings. The van der Waals surface area contributed by atoms with Crippen LogP contribution in [0.3, 0.4) is 0 Å². The van der Waals surface area contributed by atoms with E-state index < -0.39 is 6.04 Å². The van der Waals surface area contributed by atoms with E-state index in [1.165, 1.54) is 24.8 Å². The second-order valence-corrected chi connectivity index (χ2v) is 7.92. The molecular weight excluding hydrogens is 326 g/mol. The van der Waals surface area contributed by atoms with Gasteiger partial charge in [0.1, 0.15) is 6.04 Å². The van der Waals surface area contributed by atoms with E-state index in [9.17, 15) is 9.59 Å². The molecule has 3 atom stereocenters. The van der Waals surface area contributed by atoms with Crippen LogP contribution in [-0.2, 0) is 9.59 Å². The van der Waals surface area contributed by atoms with Crippen molar-refractivity contribution in [1.29, 1.82) is 0 Å². The van der Waals surface area contributed by atoms with Gasteiger partial charge in [0, 0.05) is 31.5 Å². The first kappa shape index (κ1) is 18.9. The van der Waals surface area contributed by atoms with Crippen molar-refractivity contribution in [3.05, 3.63) is 35.9 Å². The topological polar surface area (TPSA) is 75.4 Å². The Morgan fingerprint density at radius 3 is 2.54 bits per heavy atom. The average molecular weight is 357 g/mol. The summed E-state index contributed by atoms with van der Waals surface area (Å²) < 4.78 is 0. The van der Waals surface area contributed by atoms with Crippen LogP contribution < -0.4 is 11.1 Å².